The van der Waals surface area contributed by atoms with Crippen LogP contribution in [0, 0.1) is 11.8 Å². The second-order valence-electron chi connectivity index (χ2n) is 4.98. The van der Waals surface area contributed by atoms with Gasteiger partial charge in [-0.05, 0) is 31.6 Å². The van der Waals surface area contributed by atoms with Crippen LogP contribution < -0.4 is 5.73 Å². The zero-order valence-electron chi connectivity index (χ0n) is 9.82. The fourth-order valence-corrected chi connectivity index (χ4v) is 3.13. The Hall–Kier alpha value is -0.120. The lowest BCUT2D eigenvalue weighted by Gasteiger charge is -2.29. The summed E-state index contributed by atoms with van der Waals surface area (Å²) in [5.41, 5.74) is 6.18. The second-order valence-corrected chi connectivity index (χ2v) is 4.98. The summed E-state index contributed by atoms with van der Waals surface area (Å²) in [7, 11) is 0. The Morgan fingerprint density at radius 1 is 1.33 bits per heavy atom. The minimum Gasteiger partial charge on any atom is -0.380 e. The summed E-state index contributed by atoms with van der Waals surface area (Å²) in [5, 5.41) is 0. The van der Waals surface area contributed by atoms with Crippen LogP contribution in [0.3, 0.4) is 0 Å². The summed E-state index contributed by atoms with van der Waals surface area (Å²) in [6.45, 7) is 7.32. The zero-order valence-corrected chi connectivity index (χ0v) is 9.82. The van der Waals surface area contributed by atoms with E-state index in [0.717, 1.165) is 31.6 Å². The Balaban J connectivity index is 1.77. The highest BCUT2D eigenvalue weighted by molar-refractivity contribution is 4.92. The largest absolute Gasteiger partial charge is 0.380 e. The molecule has 1 heterocycles. The lowest BCUT2D eigenvalue weighted by atomic mass is 9.78. The van der Waals surface area contributed by atoms with Gasteiger partial charge in [0.25, 0.3) is 0 Å². The average Bonchev–Trinajstić information content (AvgIpc) is 2.63. The zero-order chi connectivity index (χ0) is 10.7. The molecule has 2 aliphatic rings. The van der Waals surface area contributed by atoms with Crippen molar-refractivity contribution >= 4 is 0 Å². The van der Waals surface area contributed by atoms with Crippen LogP contribution in [0.5, 0.6) is 0 Å². The summed E-state index contributed by atoms with van der Waals surface area (Å²) in [5.74, 6) is 1.63. The van der Waals surface area contributed by atoms with Gasteiger partial charge in [0, 0.05) is 32.3 Å². The Morgan fingerprint density at radius 3 is 2.93 bits per heavy atom. The second kappa shape index (κ2) is 5.28. The molecule has 0 spiro atoms. The maximum Gasteiger partial charge on any atom is 0.0593 e. The minimum atomic E-state index is 0.459. The van der Waals surface area contributed by atoms with Crippen LogP contribution >= 0.6 is 0 Å². The third kappa shape index (κ3) is 2.71. The third-order valence-electron chi connectivity index (χ3n) is 3.99. The number of nitrogens with zero attached hydrogens (tertiary/aromatic N) is 1. The Kier molecular flexibility index (Phi) is 4.00. The lowest BCUT2D eigenvalue weighted by molar-refractivity contribution is 0.120. The normalized spacial score (nSPS) is 36.8. The van der Waals surface area contributed by atoms with E-state index >= 15 is 0 Å². The van der Waals surface area contributed by atoms with Gasteiger partial charge in [0.15, 0.2) is 0 Å². The molecule has 0 aromatic heterocycles. The lowest BCUT2D eigenvalue weighted by Crippen LogP contribution is -2.38. The number of nitrogens with two attached hydrogens (primary N) is 1. The monoisotopic (exact) mass is 212 g/mol. The van der Waals surface area contributed by atoms with Crippen LogP contribution in [0.4, 0.5) is 0 Å². The van der Waals surface area contributed by atoms with Crippen LogP contribution in [0.1, 0.15) is 26.2 Å². The summed E-state index contributed by atoms with van der Waals surface area (Å²) < 4.78 is 5.40. The van der Waals surface area contributed by atoms with Crippen molar-refractivity contribution in [2.24, 2.45) is 17.6 Å². The van der Waals surface area contributed by atoms with Gasteiger partial charge in [-0.25, -0.2) is 0 Å². The number of hydrogen-bond acceptors (Lipinski definition) is 3. The molecule has 0 aromatic rings. The predicted octanol–water partition coefficient (Wildman–Crippen LogP) is 1.08. The molecule has 3 nitrogen and oxygen atoms in total. The maximum atomic E-state index is 6.18. The van der Waals surface area contributed by atoms with E-state index in [-0.39, 0.29) is 0 Å². The van der Waals surface area contributed by atoms with Gasteiger partial charge >= 0.3 is 0 Å². The molecule has 1 aliphatic heterocycles. The van der Waals surface area contributed by atoms with Crippen molar-refractivity contribution in [1.29, 1.82) is 0 Å². The fourth-order valence-electron chi connectivity index (χ4n) is 3.13. The highest BCUT2D eigenvalue weighted by atomic mass is 16.5. The van der Waals surface area contributed by atoms with Crippen molar-refractivity contribution in [2.75, 3.05) is 32.8 Å². The highest BCUT2D eigenvalue weighted by Crippen LogP contribution is 2.35. The van der Waals surface area contributed by atoms with Crippen LogP contribution in [-0.4, -0.2) is 43.8 Å². The molecule has 0 bridgehead atoms. The Labute approximate surface area is 93.0 Å². The number of rotatable bonds is 4. The molecule has 0 aromatic carbocycles. The van der Waals surface area contributed by atoms with E-state index in [9.17, 15) is 0 Å². The van der Waals surface area contributed by atoms with Crippen LogP contribution in [0.25, 0.3) is 0 Å². The number of likely N-dealkylation sites (tertiary alicyclic amines) is 1. The van der Waals surface area contributed by atoms with Crippen molar-refractivity contribution < 1.29 is 4.74 Å². The molecular formula is C12H24N2O. The molecule has 15 heavy (non-hydrogen) atoms. The molecule has 2 fully saturated rings. The summed E-state index contributed by atoms with van der Waals surface area (Å²) in [6, 6.07) is 0.459. The minimum absolute atomic E-state index is 0.459. The van der Waals surface area contributed by atoms with E-state index < -0.39 is 0 Å². The van der Waals surface area contributed by atoms with Gasteiger partial charge < -0.3 is 15.4 Å². The first-order valence-electron chi connectivity index (χ1n) is 6.37. The topological polar surface area (TPSA) is 38.5 Å². The SMILES string of the molecule is CCOCCN1CC2CCCC(N)C2C1. The molecule has 0 radical (unpaired) electrons. The molecule has 1 saturated heterocycles. The predicted molar refractivity (Wildman–Crippen MR) is 61.7 cm³/mol. The van der Waals surface area contributed by atoms with Crippen LogP contribution in [0.15, 0.2) is 0 Å². The van der Waals surface area contributed by atoms with Crippen molar-refractivity contribution in [1.82, 2.24) is 4.90 Å². The summed E-state index contributed by atoms with van der Waals surface area (Å²) >= 11 is 0. The molecule has 3 atom stereocenters. The van der Waals surface area contributed by atoms with E-state index in [1.54, 1.807) is 0 Å². The van der Waals surface area contributed by atoms with Gasteiger partial charge in [0.05, 0.1) is 6.61 Å². The Bertz CT molecular complexity index is 198. The van der Waals surface area contributed by atoms with Crippen molar-refractivity contribution in [3.8, 4) is 0 Å². The first-order valence-corrected chi connectivity index (χ1v) is 6.37. The smallest absolute Gasteiger partial charge is 0.0593 e. The van der Waals surface area contributed by atoms with E-state index in [1.807, 2.05) is 0 Å². The molecule has 2 N–H and O–H groups in total. The van der Waals surface area contributed by atoms with E-state index in [2.05, 4.69) is 11.8 Å². The molecule has 3 unspecified atom stereocenters. The third-order valence-corrected chi connectivity index (χ3v) is 3.99. The molecular weight excluding hydrogens is 188 g/mol. The number of fused-ring (bicyclic) bond motifs is 1. The van der Waals surface area contributed by atoms with Gasteiger partial charge in [-0.1, -0.05) is 6.42 Å². The quantitative estimate of drug-likeness (QED) is 0.709. The molecule has 88 valence electrons. The number of ether oxygens (including phenoxy) is 1. The first-order chi connectivity index (χ1) is 7.31. The first kappa shape index (κ1) is 11.4. The van der Waals surface area contributed by atoms with Gasteiger partial charge in [-0.15, -0.1) is 0 Å². The van der Waals surface area contributed by atoms with E-state index in [1.165, 1.54) is 32.4 Å². The molecule has 2 rings (SSSR count). The molecule has 0 amide bonds. The molecule has 1 aliphatic carbocycles. The summed E-state index contributed by atoms with van der Waals surface area (Å²) in [6.07, 6.45) is 3.96. The van der Waals surface area contributed by atoms with Gasteiger partial charge in [-0.3, -0.25) is 0 Å². The molecule has 1 saturated carbocycles. The highest BCUT2D eigenvalue weighted by Gasteiger charge is 2.38. The van der Waals surface area contributed by atoms with Crippen molar-refractivity contribution in [3.05, 3.63) is 0 Å². The summed E-state index contributed by atoms with van der Waals surface area (Å²) in [4.78, 5) is 2.54. The average molecular weight is 212 g/mol. The number of hydrogen-bond donors (Lipinski definition) is 1. The van der Waals surface area contributed by atoms with Crippen molar-refractivity contribution in [2.45, 2.75) is 32.2 Å². The van der Waals surface area contributed by atoms with E-state index in [0.29, 0.717) is 6.04 Å². The van der Waals surface area contributed by atoms with Crippen LogP contribution in [-0.2, 0) is 4.74 Å². The van der Waals surface area contributed by atoms with Gasteiger partial charge in [0.1, 0.15) is 0 Å². The van der Waals surface area contributed by atoms with E-state index in [4.69, 9.17) is 10.5 Å². The maximum absolute atomic E-state index is 6.18. The Morgan fingerprint density at radius 2 is 2.20 bits per heavy atom. The van der Waals surface area contributed by atoms with Gasteiger partial charge in [0.2, 0.25) is 0 Å². The fraction of sp³-hybridized carbons (Fsp3) is 1.00. The van der Waals surface area contributed by atoms with Gasteiger partial charge in [-0.2, -0.15) is 0 Å². The van der Waals surface area contributed by atoms with Crippen molar-refractivity contribution in [3.63, 3.8) is 0 Å². The molecule has 3 heteroatoms. The van der Waals surface area contributed by atoms with Crippen LogP contribution in [0.2, 0.25) is 0 Å². The standard InChI is InChI=1S/C12H24N2O/c1-2-15-7-6-14-8-10-4-3-5-12(13)11(10)9-14/h10-12H,2-9,13H2,1H3.